The fraction of sp³-hybridized carbons (Fsp3) is 0.429. The third-order valence-electron chi connectivity index (χ3n) is 5.23. The average molecular weight is 383 g/mol. The van der Waals surface area contributed by atoms with E-state index in [1.54, 1.807) is 6.20 Å². The largest absolute Gasteiger partial charge is 0.486 e. The van der Waals surface area contributed by atoms with Gasteiger partial charge < -0.3 is 14.6 Å². The zero-order valence-electron chi connectivity index (χ0n) is 15.8. The molecule has 0 unspecified atom stereocenters. The van der Waals surface area contributed by atoms with Gasteiger partial charge in [0.15, 0.2) is 11.5 Å². The summed E-state index contributed by atoms with van der Waals surface area (Å²) in [5, 5.41) is 9.94. The number of aliphatic carboxylic acids is 1. The van der Waals surface area contributed by atoms with Gasteiger partial charge in [0.2, 0.25) is 0 Å². The molecule has 148 valence electrons. The van der Waals surface area contributed by atoms with Crippen LogP contribution < -0.4 is 9.47 Å². The van der Waals surface area contributed by atoms with E-state index in [9.17, 15) is 9.90 Å². The number of hydrogen-bond donors (Lipinski definition) is 1. The van der Waals surface area contributed by atoms with Gasteiger partial charge in [0, 0.05) is 38.6 Å². The monoisotopic (exact) mass is 383 g/mol. The Balaban J connectivity index is 1.47. The Kier molecular flexibility index (Phi) is 5.73. The molecule has 28 heavy (non-hydrogen) atoms. The van der Waals surface area contributed by atoms with Crippen LogP contribution in [0.2, 0.25) is 0 Å². The van der Waals surface area contributed by atoms with Crippen LogP contribution >= 0.6 is 0 Å². The molecule has 1 N–H and O–H groups in total. The molecule has 2 aromatic rings. The zero-order valence-corrected chi connectivity index (χ0v) is 15.8. The van der Waals surface area contributed by atoms with Gasteiger partial charge in [0.05, 0.1) is 0 Å². The van der Waals surface area contributed by atoms with E-state index in [-0.39, 0.29) is 0 Å². The molecule has 0 bridgehead atoms. The zero-order chi connectivity index (χ0) is 19.3. The van der Waals surface area contributed by atoms with Crippen molar-refractivity contribution in [1.29, 1.82) is 0 Å². The second kappa shape index (κ2) is 8.58. The fourth-order valence-corrected chi connectivity index (χ4v) is 3.90. The number of carboxylic acid groups (broad SMARTS) is 1. The molecule has 4 rings (SSSR count). The predicted octanol–water partition coefficient (Wildman–Crippen LogP) is 2.19. The fourth-order valence-electron chi connectivity index (χ4n) is 3.90. The van der Waals surface area contributed by atoms with Crippen LogP contribution in [0.1, 0.15) is 23.6 Å². The lowest BCUT2D eigenvalue weighted by molar-refractivity contribution is -0.143. The van der Waals surface area contributed by atoms with Gasteiger partial charge in [-0.1, -0.05) is 12.1 Å². The van der Waals surface area contributed by atoms with Crippen molar-refractivity contribution in [2.75, 3.05) is 39.4 Å². The number of ether oxygens (including phenoxy) is 2. The summed E-state index contributed by atoms with van der Waals surface area (Å²) in [5.74, 6) is 0.470. The van der Waals surface area contributed by atoms with E-state index in [0.717, 1.165) is 38.2 Å². The molecule has 7 nitrogen and oxygen atoms in total. The smallest absolute Gasteiger partial charge is 0.325 e. The summed E-state index contributed by atoms with van der Waals surface area (Å²) >= 11 is 0. The molecule has 0 radical (unpaired) electrons. The maximum Gasteiger partial charge on any atom is 0.325 e. The normalized spacial score (nSPS) is 19.0. The molecule has 2 aliphatic rings. The number of hydrogen-bond acceptors (Lipinski definition) is 6. The van der Waals surface area contributed by atoms with E-state index in [0.29, 0.717) is 31.3 Å². The first-order chi connectivity index (χ1) is 13.7. The van der Waals surface area contributed by atoms with Crippen molar-refractivity contribution in [2.45, 2.75) is 19.0 Å². The van der Waals surface area contributed by atoms with Gasteiger partial charge in [-0.3, -0.25) is 19.6 Å². The minimum Gasteiger partial charge on any atom is -0.486 e. The SMILES string of the molecule is O=C(O)[C@@H](c1ccc2c(c1)OCCO2)N1CCCN(Cc2cccnc2)CC1. The average Bonchev–Trinajstić information content (AvgIpc) is 2.94. The van der Waals surface area contributed by atoms with E-state index in [1.165, 1.54) is 5.56 Å². The summed E-state index contributed by atoms with van der Waals surface area (Å²) in [4.78, 5) is 20.7. The number of nitrogens with zero attached hydrogens (tertiary/aromatic N) is 3. The molecule has 3 heterocycles. The van der Waals surface area contributed by atoms with Crippen molar-refractivity contribution in [3.05, 3.63) is 53.9 Å². The lowest BCUT2D eigenvalue weighted by Crippen LogP contribution is -2.37. The molecule has 0 saturated carbocycles. The number of pyridine rings is 1. The first-order valence-electron chi connectivity index (χ1n) is 9.68. The molecule has 2 aliphatic heterocycles. The molecule has 1 fully saturated rings. The Morgan fingerprint density at radius 2 is 1.96 bits per heavy atom. The Morgan fingerprint density at radius 3 is 2.75 bits per heavy atom. The van der Waals surface area contributed by atoms with Crippen LogP contribution in [0.3, 0.4) is 0 Å². The number of aromatic nitrogens is 1. The summed E-state index contributed by atoms with van der Waals surface area (Å²) in [5.41, 5.74) is 1.91. The minimum absolute atomic E-state index is 0.487. The first-order valence-corrected chi connectivity index (χ1v) is 9.68. The standard InChI is InChI=1S/C21H25N3O4/c25-21(26)20(17-4-5-18-19(13-17)28-12-11-27-18)24-8-2-7-23(9-10-24)15-16-3-1-6-22-14-16/h1,3-6,13-14,20H,2,7-12,15H2,(H,25,26)/t20-/m1/s1. The Hall–Kier alpha value is -2.64. The third-order valence-corrected chi connectivity index (χ3v) is 5.23. The Bertz CT molecular complexity index is 815. The molecule has 1 aromatic carbocycles. The molecule has 7 heteroatoms. The van der Waals surface area contributed by atoms with Gasteiger partial charge in [-0.15, -0.1) is 0 Å². The molecular formula is C21H25N3O4. The van der Waals surface area contributed by atoms with Crippen LogP contribution in [0, 0.1) is 0 Å². The third kappa shape index (κ3) is 4.26. The maximum absolute atomic E-state index is 12.1. The Morgan fingerprint density at radius 1 is 1.11 bits per heavy atom. The summed E-state index contributed by atoms with van der Waals surface area (Å²) in [6.45, 7) is 5.06. The lowest BCUT2D eigenvalue weighted by Gasteiger charge is -2.29. The molecule has 0 amide bonds. The van der Waals surface area contributed by atoms with Gasteiger partial charge in [-0.25, -0.2) is 0 Å². The molecule has 1 saturated heterocycles. The number of carboxylic acids is 1. The minimum atomic E-state index is -0.836. The van der Waals surface area contributed by atoms with E-state index < -0.39 is 12.0 Å². The van der Waals surface area contributed by atoms with E-state index in [2.05, 4.69) is 20.9 Å². The van der Waals surface area contributed by atoms with Gasteiger partial charge in [0.25, 0.3) is 0 Å². The van der Waals surface area contributed by atoms with Crippen molar-refractivity contribution < 1.29 is 19.4 Å². The first kappa shape index (κ1) is 18.7. The summed E-state index contributed by atoms with van der Waals surface area (Å²) in [7, 11) is 0. The van der Waals surface area contributed by atoms with Crippen LogP contribution in [0.4, 0.5) is 0 Å². The highest BCUT2D eigenvalue weighted by atomic mass is 16.6. The lowest BCUT2D eigenvalue weighted by atomic mass is 10.0. The van der Waals surface area contributed by atoms with Crippen LogP contribution in [0.5, 0.6) is 11.5 Å². The maximum atomic E-state index is 12.1. The molecular weight excluding hydrogens is 358 g/mol. The molecule has 0 spiro atoms. The van der Waals surface area contributed by atoms with Gasteiger partial charge in [0.1, 0.15) is 19.3 Å². The highest BCUT2D eigenvalue weighted by Crippen LogP contribution is 2.34. The quantitative estimate of drug-likeness (QED) is 0.848. The number of benzene rings is 1. The topological polar surface area (TPSA) is 75.1 Å². The summed E-state index contributed by atoms with van der Waals surface area (Å²) in [6.07, 6.45) is 4.59. The van der Waals surface area contributed by atoms with Crippen molar-refractivity contribution in [3.63, 3.8) is 0 Å². The van der Waals surface area contributed by atoms with Gasteiger partial charge in [-0.05, 0) is 42.3 Å². The van der Waals surface area contributed by atoms with Gasteiger partial charge >= 0.3 is 5.97 Å². The van der Waals surface area contributed by atoms with Crippen molar-refractivity contribution in [2.24, 2.45) is 0 Å². The number of fused-ring (bicyclic) bond motifs is 1. The van der Waals surface area contributed by atoms with Crippen LogP contribution in [-0.2, 0) is 11.3 Å². The van der Waals surface area contributed by atoms with Crippen molar-refractivity contribution in [1.82, 2.24) is 14.8 Å². The van der Waals surface area contributed by atoms with E-state index in [4.69, 9.17) is 9.47 Å². The van der Waals surface area contributed by atoms with E-state index in [1.807, 2.05) is 30.5 Å². The van der Waals surface area contributed by atoms with E-state index >= 15 is 0 Å². The number of rotatable bonds is 5. The summed E-state index contributed by atoms with van der Waals surface area (Å²) < 4.78 is 11.2. The molecule has 0 aliphatic carbocycles. The summed E-state index contributed by atoms with van der Waals surface area (Å²) in [6, 6.07) is 8.80. The predicted molar refractivity (Wildman–Crippen MR) is 104 cm³/mol. The van der Waals surface area contributed by atoms with Crippen molar-refractivity contribution >= 4 is 5.97 Å². The number of carbonyl (C=O) groups is 1. The second-order valence-electron chi connectivity index (χ2n) is 7.17. The van der Waals surface area contributed by atoms with Crippen LogP contribution in [0.25, 0.3) is 0 Å². The molecule has 1 atom stereocenters. The van der Waals surface area contributed by atoms with Crippen molar-refractivity contribution in [3.8, 4) is 11.5 Å². The van der Waals surface area contributed by atoms with Gasteiger partial charge in [-0.2, -0.15) is 0 Å². The highest BCUT2D eigenvalue weighted by Gasteiger charge is 2.30. The van der Waals surface area contributed by atoms with Crippen LogP contribution in [0.15, 0.2) is 42.7 Å². The molecule has 1 aromatic heterocycles. The second-order valence-corrected chi connectivity index (χ2v) is 7.17. The highest BCUT2D eigenvalue weighted by molar-refractivity contribution is 5.76. The van der Waals surface area contributed by atoms with Crippen LogP contribution in [-0.4, -0.2) is 65.3 Å². The Labute approximate surface area is 164 Å².